The average Bonchev–Trinajstić information content (AvgIpc) is 3.12. The van der Waals surface area contributed by atoms with Gasteiger partial charge >= 0.3 is 0 Å². The number of benzene rings is 3. The fourth-order valence-corrected chi connectivity index (χ4v) is 2.88. The number of aromatic nitrogens is 1. The lowest BCUT2D eigenvalue weighted by Gasteiger charge is -2.07. The van der Waals surface area contributed by atoms with Crippen LogP contribution in [0.25, 0.3) is 22.6 Å². The van der Waals surface area contributed by atoms with Crippen molar-refractivity contribution in [3.63, 3.8) is 0 Å². The number of hydrogen-bond donors (Lipinski definition) is 1. The van der Waals surface area contributed by atoms with Crippen molar-refractivity contribution in [3.8, 4) is 11.5 Å². The van der Waals surface area contributed by atoms with Gasteiger partial charge in [0, 0.05) is 28.4 Å². The molecular formula is C21H15N3O4. The predicted molar refractivity (Wildman–Crippen MR) is 105 cm³/mol. The summed E-state index contributed by atoms with van der Waals surface area (Å²) in [5.74, 6) is 0.0149. The third kappa shape index (κ3) is 3.33. The minimum atomic E-state index is -0.500. The maximum absolute atomic E-state index is 12.5. The molecule has 0 bridgehead atoms. The van der Waals surface area contributed by atoms with E-state index in [0.717, 1.165) is 5.52 Å². The number of nitro benzene ring substituents is 1. The van der Waals surface area contributed by atoms with Crippen LogP contribution < -0.4 is 5.32 Å². The molecule has 1 amide bonds. The molecule has 4 rings (SSSR count). The molecule has 1 aromatic heterocycles. The van der Waals surface area contributed by atoms with Crippen LogP contribution in [0.3, 0.4) is 0 Å². The minimum Gasteiger partial charge on any atom is -0.436 e. The molecule has 0 aliphatic rings. The van der Waals surface area contributed by atoms with Crippen LogP contribution in [0, 0.1) is 17.0 Å². The first-order valence-corrected chi connectivity index (χ1v) is 8.54. The Labute approximate surface area is 159 Å². The molecule has 7 heteroatoms. The van der Waals surface area contributed by atoms with Crippen LogP contribution >= 0.6 is 0 Å². The summed E-state index contributed by atoms with van der Waals surface area (Å²) >= 11 is 0. The van der Waals surface area contributed by atoms with Gasteiger partial charge in [-0.05, 0) is 43.3 Å². The molecule has 7 nitrogen and oxygen atoms in total. The summed E-state index contributed by atoms with van der Waals surface area (Å²) in [5.41, 5.74) is 3.30. The number of aryl methyl sites for hydroxylation is 1. The number of anilines is 1. The van der Waals surface area contributed by atoms with E-state index in [-0.39, 0.29) is 11.3 Å². The smallest absolute Gasteiger partial charge is 0.273 e. The van der Waals surface area contributed by atoms with Gasteiger partial charge in [-0.25, -0.2) is 4.98 Å². The Kier molecular flexibility index (Phi) is 4.33. The molecule has 3 aromatic carbocycles. The summed E-state index contributed by atoms with van der Waals surface area (Å²) in [7, 11) is 0. The molecular weight excluding hydrogens is 358 g/mol. The molecule has 0 radical (unpaired) electrons. The van der Waals surface area contributed by atoms with Gasteiger partial charge in [0.1, 0.15) is 5.52 Å². The maximum Gasteiger partial charge on any atom is 0.273 e. The summed E-state index contributed by atoms with van der Waals surface area (Å²) in [6.45, 7) is 1.63. The first-order chi connectivity index (χ1) is 13.5. The van der Waals surface area contributed by atoms with Crippen molar-refractivity contribution < 1.29 is 14.1 Å². The molecule has 1 N–H and O–H groups in total. The first-order valence-electron chi connectivity index (χ1n) is 8.54. The normalized spacial score (nSPS) is 10.8. The van der Waals surface area contributed by atoms with Crippen molar-refractivity contribution in [3.05, 3.63) is 88.0 Å². The van der Waals surface area contributed by atoms with Gasteiger partial charge in [-0.2, -0.15) is 0 Å². The van der Waals surface area contributed by atoms with Crippen molar-refractivity contribution in [2.75, 3.05) is 5.32 Å². The van der Waals surface area contributed by atoms with Crippen molar-refractivity contribution in [2.24, 2.45) is 0 Å². The number of carbonyl (C=O) groups is 1. The molecule has 0 saturated heterocycles. The Morgan fingerprint density at radius 2 is 1.89 bits per heavy atom. The number of carbonyl (C=O) groups excluding carboxylic acids is 1. The molecule has 0 atom stereocenters. The molecule has 0 aliphatic carbocycles. The second-order valence-electron chi connectivity index (χ2n) is 6.28. The quantitative estimate of drug-likeness (QED) is 0.402. The number of nitro groups is 1. The van der Waals surface area contributed by atoms with E-state index in [1.807, 2.05) is 30.3 Å². The van der Waals surface area contributed by atoms with E-state index < -0.39 is 10.8 Å². The van der Waals surface area contributed by atoms with Gasteiger partial charge in [-0.1, -0.05) is 24.3 Å². The second kappa shape index (κ2) is 6.96. The number of oxazole rings is 1. The number of fused-ring (bicyclic) bond motifs is 1. The SMILES string of the molecule is Cc1ccc(C(=O)Nc2cccc(-c3nc4ccccc4o3)c2)cc1[N+](=O)[O-]. The molecule has 0 aliphatic heterocycles. The van der Waals surface area contributed by atoms with Crippen LogP contribution in [0.5, 0.6) is 0 Å². The van der Waals surface area contributed by atoms with E-state index in [2.05, 4.69) is 10.3 Å². The van der Waals surface area contributed by atoms with E-state index in [4.69, 9.17) is 4.42 Å². The lowest BCUT2D eigenvalue weighted by Crippen LogP contribution is -2.12. The van der Waals surface area contributed by atoms with E-state index in [0.29, 0.717) is 28.3 Å². The van der Waals surface area contributed by atoms with Crippen LogP contribution in [0.4, 0.5) is 11.4 Å². The second-order valence-corrected chi connectivity index (χ2v) is 6.28. The van der Waals surface area contributed by atoms with Crippen LogP contribution in [0.15, 0.2) is 71.1 Å². The Morgan fingerprint density at radius 1 is 1.07 bits per heavy atom. The molecule has 138 valence electrons. The number of rotatable bonds is 4. The molecule has 0 saturated carbocycles. The Morgan fingerprint density at radius 3 is 2.68 bits per heavy atom. The van der Waals surface area contributed by atoms with Crippen LogP contribution in [0.2, 0.25) is 0 Å². The lowest BCUT2D eigenvalue weighted by atomic mass is 10.1. The highest BCUT2D eigenvalue weighted by atomic mass is 16.6. The third-order valence-electron chi connectivity index (χ3n) is 4.33. The standard InChI is InChI=1S/C21H15N3O4/c1-13-9-10-14(12-18(13)24(26)27)20(25)22-16-6-4-5-15(11-16)21-23-17-7-2-3-8-19(17)28-21/h2-12H,1H3,(H,22,25). The first kappa shape index (κ1) is 17.4. The summed E-state index contributed by atoms with van der Waals surface area (Å²) in [6, 6.07) is 18.9. The van der Waals surface area contributed by atoms with Crippen molar-refractivity contribution >= 4 is 28.4 Å². The topological polar surface area (TPSA) is 98.3 Å². The molecule has 0 fully saturated rings. The summed E-state index contributed by atoms with van der Waals surface area (Å²) < 4.78 is 5.76. The van der Waals surface area contributed by atoms with Crippen molar-refractivity contribution in [2.45, 2.75) is 6.92 Å². The van der Waals surface area contributed by atoms with Gasteiger partial charge in [0.25, 0.3) is 11.6 Å². The van der Waals surface area contributed by atoms with E-state index in [1.165, 1.54) is 6.07 Å². The molecule has 4 aromatic rings. The van der Waals surface area contributed by atoms with Crippen molar-refractivity contribution in [1.29, 1.82) is 0 Å². The van der Waals surface area contributed by atoms with E-state index in [1.54, 1.807) is 37.3 Å². The van der Waals surface area contributed by atoms with Crippen molar-refractivity contribution in [1.82, 2.24) is 4.98 Å². The fourth-order valence-electron chi connectivity index (χ4n) is 2.88. The maximum atomic E-state index is 12.5. The highest BCUT2D eigenvalue weighted by molar-refractivity contribution is 6.05. The van der Waals surface area contributed by atoms with Gasteiger partial charge in [-0.3, -0.25) is 14.9 Å². The van der Waals surface area contributed by atoms with Gasteiger partial charge < -0.3 is 9.73 Å². The average molecular weight is 373 g/mol. The monoisotopic (exact) mass is 373 g/mol. The van der Waals surface area contributed by atoms with E-state index in [9.17, 15) is 14.9 Å². The van der Waals surface area contributed by atoms with Gasteiger partial charge in [0.2, 0.25) is 5.89 Å². The Balaban J connectivity index is 1.60. The zero-order chi connectivity index (χ0) is 19.7. The summed E-state index contributed by atoms with van der Waals surface area (Å²) in [5, 5.41) is 13.8. The number of nitrogens with one attached hydrogen (secondary N) is 1. The number of nitrogens with zero attached hydrogens (tertiary/aromatic N) is 2. The molecule has 0 spiro atoms. The largest absolute Gasteiger partial charge is 0.436 e. The van der Waals surface area contributed by atoms with Crippen LogP contribution in [-0.2, 0) is 0 Å². The number of hydrogen-bond acceptors (Lipinski definition) is 5. The molecule has 0 unspecified atom stereocenters. The lowest BCUT2D eigenvalue weighted by molar-refractivity contribution is -0.385. The number of amides is 1. The molecule has 28 heavy (non-hydrogen) atoms. The van der Waals surface area contributed by atoms with Crippen LogP contribution in [-0.4, -0.2) is 15.8 Å². The zero-order valence-corrected chi connectivity index (χ0v) is 14.9. The third-order valence-corrected chi connectivity index (χ3v) is 4.33. The summed E-state index contributed by atoms with van der Waals surface area (Å²) in [4.78, 5) is 27.6. The minimum absolute atomic E-state index is 0.0899. The van der Waals surface area contributed by atoms with Gasteiger partial charge in [0.05, 0.1) is 4.92 Å². The predicted octanol–water partition coefficient (Wildman–Crippen LogP) is 4.96. The summed E-state index contributed by atoms with van der Waals surface area (Å²) in [6.07, 6.45) is 0. The Bertz CT molecular complexity index is 1180. The van der Waals surface area contributed by atoms with Gasteiger partial charge in [0.15, 0.2) is 5.58 Å². The number of para-hydroxylation sites is 2. The fraction of sp³-hybridized carbons (Fsp3) is 0.0476. The van der Waals surface area contributed by atoms with Gasteiger partial charge in [-0.15, -0.1) is 0 Å². The zero-order valence-electron chi connectivity index (χ0n) is 14.9. The Hall–Kier alpha value is -4.00. The highest BCUT2D eigenvalue weighted by Gasteiger charge is 2.15. The van der Waals surface area contributed by atoms with E-state index >= 15 is 0 Å². The highest BCUT2D eigenvalue weighted by Crippen LogP contribution is 2.26. The molecule has 1 heterocycles. The van der Waals surface area contributed by atoms with Crippen LogP contribution in [0.1, 0.15) is 15.9 Å².